The van der Waals surface area contributed by atoms with E-state index in [2.05, 4.69) is 16.8 Å². The van der Waals surface area contributed by atoms with E-state index in [1.165, 1.54) is 12.1 Å². The SMILES string of the molecule is COc1ccc(/N=C(/SC)N2CCC(C)(c3ccc(F)cc3Cl)C2)cn1. The van der Waals surface area contributed by atoms with Gasteiger partial charge >= 0.3 is 0 Å². The van der Waals surface area contributed by atoms with Crippen molar-refractivity contribution in [3.63, 3.8) is 0 Å². The minimum Gasteiger partial charge on any atom is -0.481 e. The molecule has 0 N–H and O–H groups in total. The second-order valence-corrected chi connectivity index (χ2v) is 7.69. The maximum atomic E-state index is 13.4. The van der Waals surface area contributed by atoms with Gasteiger partial charge in [0.05, 0.1) is 19.0 Å². The number of methoxy groups -OCH3 is 1. The molecule has 0 aliphatic carbocycles. The molecule has 26 heavy (non-hydrogen) atoms. The average Bonchev–Trinajstić information content (AvgIpc) is 3.03. The summed E-state index contributed by atoms with van der Waals surface area (Å²) in [6, 6.07) is 8.33. The molecule has 0 saturated carbocycles. The first-order valence-electron chi connectivity index (χ1n) is 8.28. The highest BCUT2D eigenvalue weighted by molar-refractivity contribution is 8.13. The van der Waals surface area contributed by atoms with E-state index < -0.39 is 0 Å². The Labute approximate surface area is 162 Å². The van der Waals surface area contributed by atoms with Crippen LogP contribution in [-0.4, -0.2) is 41.5 Å². The van der Waals surface area contributed by atoms with E-state index in [0.29, 0.717) is 10.9 Å². The molecule has 1 aromatic heterocycles. The number of hydrogen-bond acceptors (Lipinski definition) is 4. The third kappa shape index (κ3) is 3.96. The predicted molar refractivity (Wildman–Crippen MR) is 106 cm³/mol. The molecule has 1 aromatic carbocycles. The molecule has 0 spiro atoms. The summed E-state index contributed by atoms with van der Waals surface area (Å²) in [6.07, 6.45) is 4.64. The van der Waals surface area contributed by atoms with Gasteiger partial charge in [-0.15, -0.1) is 0 Å². The van der Waals surface area contributed by atoms with Crippen LogP contribution in [-0.2, 0) is 5.41 Å². The van der Waals surface area contributed by atoms with Crippen molar-refractivity contribution in [2.24, 2.45) is 4.99 Å². The smallest absolute Gasteiger partial charge is 0.213 e. The molecule has 1 fully saturated rings. The lowest BCUT2D eigenvalue weighted by Gasteiger charge is -2.27. The Morgan fingerprint density at radius 2 is 2.19 bits per heavy atom. The van der Waals surface area contributed by atoms with Gasteiger partial charge < -0.3 is 9.64 Å². The van der Waals surface area contributed by atoms with Crippen LogP contribution in [0.1, 0.15) is 18.9 Å². The minimum atomic E-state index is -0.310. The van der Waals surface area contributed by atoms with Crippen molar-refractivity contribution >= 4 is 34.2 Å². The average molecular weight is 394 g/mol. The lowest BCUT2D eigenvalue weighted by molar-refractivity contribution is 0.398. The second-order valence-electron chi connectivity index (χ2n) is 6.51. The van der Waals surface area contributed by atoms with Gasteiger partial charge in [-0.3, -0.25) is 0 Å². The summed E-state index contributed by atoms with van der Waals surface area (Å²) >= 11 is 7.90. The molecule has 3 rings (SSSR count). The molecule has 0 radical (unpaired) electrons. The van der Waals surface area contributed by atoms with Crippen LogP contribution in [0.5, 0.6) is 5.88 Å². The summed E-state index contributed by atoms with van der Waals surface area (Å²) in [5.41, 5.74) is 1.62. The van der Waals surface area contributed by atoms with Crippen LogP contribution in [0.25, 0.3) is 0 Å². The number of nitrogens with zero attached hydrogens (tertiary/aromatic N) is 3. The van der Waals surface area contributed by atoms with Crippen LogP contribution in [0.15, 0.2) is 41.5 Å². The van der Waals surface area contributed by atoms with Crippen LogP contribution < -0.4 is 4.74 Å². The van der Waals surface area contributed by atoms with E-state index in [1.807, 2.05) is 12.3 Å². The van der Waals surface area contributed by atoms with Crippen molar-refractivity contribution in [3.8, 4) is 5.88 Å². The van der Waals surface area contributed by atoms with E-state index in [-0.39, 0.29) is 11.2 Å². The van der Waals surface area contributed by atoms with Crippen LogP contribution in [0, 0.1) is 5.82 Å². The molecular weight excluding hydrogens is 373 g/mol. The Hall–Kier alpha value is -1.79. The van der Waals surface area contributed by atoms with E-state index in [0.717, 1.165) is 35.9 Å². The number of likely N-dealkylation sites (tertiary alicyclic amines) is 1. The highest BCUT2D eigenvalue weighted by atomic mass is 35.5. The molecule has 2 aromatic rings. The highest BCUT2D eigenvalue weighted by Crippen LogP contribution is 2.39. The summed E-state index contributed by atoms with van der Waals surface area (Å²) < 4.78 is 18.5. The van der Waals surface area contributed by atoms with Gasteiger partial charge in [0.2, 0.25) is 5.88 Å². The Kier molecular flexibility index (Phi) is 5.73. The zero-order valence-electron chi connectivity index (χ0n) is 15.0. The monoisotopic (exact) mass is 393 g/mol. The first-order valence-corrected chi connectivity index (χ1v) is 9.88. The third-order valence-corrected chi connectivity index (χ3v) is 5.69. The van der Waals surface area contributed by atoms with Gasteiger partial charge in [-0.1, -0.05) is 36.4 Å². The first kappa shape index (κ1) is 19.0. The Morgan fingerprint density at radius 1 is 1.38 bits per heavy atom. The molecule has 7 heteroatoms. The van der Waals surface area contributed by atoms with E-state index >= 15 is 0 Å². The standard InChI is InChI=1S/C19H21ClFN3OS/c1-19(15-6-4-13(21)10-16(15)20)8-9-24(12-19)18(26-3)23-14-5-7-17(25-2)22-11-14/h4-7,10-11H,8-9,12H2,1-3H3/b23-18+. The molecule has 1 saturated heterocycles. The first-order chi connectivity index (χ1) is 12.4. The van der Waals surface area contributed by atoms with Gasteiger partial charge in [0, 0.05) is 29.6 Å². The van der Waals surface area contributed by atoms with Crippen LogP contribution in [0.2, 0.25) is 5.02 Å². The Bertz CT molecular complexity index is 815. The summed E-state index contributed by atoms with van der Waals surface area (Å²) in [5, 5.41) is 1.41. The summed E-state index contributed by atoms with van der Waals surface area (Å²) in [5.74, 6) is 0.255. The third-order valence-electron chi connectivity index (χ3n) is 4.66. The Balaban J connectivity index is 1.81. The molecule has 0 amide bonds. The topological polar surface area (TPSA) is 37.7 Å². The van der Waals surface area contributed by atoms with Crippen molar-refractivity contribution in [3.05, 3.63) is 52.9 Å². The lowest BCUT2D eigenvalue weighted by Crippen LogP contribution is -2.31. The largest absolute Gasteiger partial charge is 0.481 e. The number of thioether (sulfide) groups is 1. The fourth-order valence-corrected chi connectivity index (χ4v) is 4.24. The minimum absolute atomic E-state index is 0.139. The van der Waals surface area contributed by atoms with Crippen LogP contribution in [0.4, 0.5) is 10.1 Å². The normalized spacial score (nSPS) is 20.5. The van der Waals surface area contributed by atoms with Gasteiger partial charge in [0.15, 0.2) is 5.17 Å². The zero-order chi connectivity index (χ0) is 18.7. The molecule has 1 unspecified atom stereocenters. The highest BCUT2D eigenvalue weighted by Gasteiger charge is 2.38. The molecular formula is C19H21ClFN3OS. The zero-order valence-corrected chi connectivity index (χ0v) is 16.6. The number of benzene rings is 1. The van der Waals surface area contributed by atoms with Gasteiger partial charge in [-0.2, -0.15) is 0 Å². The summed E-state index contributed by atoms with van der Waals surface area (Å²) in [7, 11) is 1.59. The van der Waals surface area contributed by atoms with Crippen molar-refractivity contribution in [2.45, 2.75) is 18.8 Å². The molecule has 2 heterocycles. The fraction of sp³-hybridized carbons (Fsp3) is 0.368. The van der Waals surface area contributed by atoms with Crippen LogP contribution in [0.3, 0.4) is 0 Å². The second kappa shape index (κ2) is 7.84. The number of hydrogen-bond donors (Lipinski definition) is 0. The number of ether oxygens (including phenoxy) is 1. The molecule has 1 atom stereocenters. The van der Waals surface area contributed by atoms with Crippen molar-refractivity contribution in [1.82, 2.24) is 9.88 Å². The lowest BCUT2D eigenvalue weighted by atomic mass is 9.82. The fourth-order valence-electron chi connectivity index (χ4n) is 3.24. The molecule has 138 valence electrons. The molecule has 0 bridgehead atoms. The number of aromatic nitrogens is 1. The number of rotatable bonds is 3. The van der Waals surface area contributed by atoms with Gasteiger partial charge in [0.1, 0.15) is 5.82 Å². The molecule has 1 aliphatic rings. The number of amidine groups is 1. The van der Waals surface area contributed by atoms with Crippen molar-refractivity contribution in [1.29, 1.82) is 0 Å². The quantitative estimate of drug-likeness (QED) is 0.549. The van der Waals surface area contributed by atoms with Gasteiger partial charge in [0.25, 0.3) is 0 Å². The molecule has 1 aliphatic heterocycles. The summed E-state index contributed by atoms with van der Waals surface area (Å²) in [6.45, 7) is 3.81. The van der Waals surface area contributed by atoms with E-state index in [9.17, 15) is 4.39 Å². The predicted octanol–water partition coefficient (Wildman–Crippen LogP) is 4.90. The number of aliphatic imine (C=N–C) groups is 1. The van der Waals surface area contributed by atoms with Crippen LogP contribution >= 0.6 is 23.4 Å². The maximum absolute atomic E-state index is 13.4. The Morgan fingerprint density at radius 3 is 2.81 bits per heavy atom. The van der Waals surface area contributed by atoms with Crippen molar-refractivity contribution < 1.29 is 9.13 Å². The number of halogens is 2. The van der Waals surface area contributed by atoms with Gasteiger partial charge in [-0.25, -0.2) is 14.4 Å². The van der Waals surface area contributed by atoms with E-state index in [4.69, 9.17) is 21.3 Å². The van der Waals surface area contributed by atoms with Crippen molar-refractivity contribution in [2.75, 3.05) is 26.5 Å². The van der Waals surface area contributed by atoms with E-state index in [1.54, 1.807) is 37.2 Å². The molecule has 4 nitrogen and oxygen atoms in total. The van der Waals surface area contributed by atoms with Gasteiger partial charge in [-0.05, 0) is 36.4 Å². The number of pyridine rings is 1. The summed E-state index contributed by atoms with van der Waals surface area (Å²) in [4.78, 5) is 11.2. The maximum Gasteiger partial charge on any atom is 0.213 e.